The Morgan fingerprint density at radius 1 is 1.11 bits per heavy atom. The highest BCUT2D eigenvalue weighted by atomic mass is 16.5. The van der Waals surface area contributed by atoms with Gasteiger partial charge in [0.05, 0.1) is 18.2 Å². The van der Waals surface area contributed by atoms with Gasteiger partial charge in [-0.25, -0.2) is 5.01 Å². The number of nitrogens with zero attached hydrogens (tertiary/aromatic N) is 2. The van der Waals surface area contributed by atoms with Crippen molar-refractivity contribution in [1.29, 1.82) is 0 Å². The van der Waals surface area contributed by atoms with Crippen molar-refractivity contribution in [2.24, 2.45) is 22.9 Å². The molecule has 4 rings (SSSR count). The van der Waals surface area contributed by atoms with E-state index in [4.69, 9.17) is 4.74 Å². The Labute approximate surface area is 158 Å². The number of hydrogen-bond donors (Lipinski definition) is 0. The number of ketones is 1. The van der Waals surface area contributed by atoms with E-state index in [-0.39, 0.29) is 36.2 Å². The molecule has 0 aromatic heterocycles. The van der Waals surface area contributed by atoms with Crippen LogP contribution in [0.1, 0.15) is 44.1 Å². The third-order valence-corrected chi connectivity index (χ3v) is 5.92. The van der Waals surface area contributed by atoms with Crippen molar-refractivity contribution in [3.63, 3.8) is 0 Å². The Bertz CT molecular complexity index is 758. The monoisotopic (exact) mass is 368 g/mol. The first-order chi connectivity index (χ1) is 13.1. The van der Waals surface area contributed by atoms with E-state index >= 15 is 0 Å². The number of hydrogen-bond acceptors (Lipinski definition) is 5. The van der Waals surface area contributed by atoms with Crippen molar-refractivity contribution < 1.29 is 19.1 Å². The summed E-state index contributed by atoms with van der Waals surface area (Å²) in [5, 5.41) is 5.75. The van der Waals surface area contributed by atoms with Crippen molar-refractivity contribution in [3.8, 4) is 0 Å². The number of benzene rings is 1. The van der Waals surface area contributed by atoms with Crippen LogP contribution in [0, 0.1) is 17.8 Å². The van der Waals surface area contributed by atoms with Gasteiger partial charge in [-0.1, -0.05) is 36.8 Å². The lowest BCUT2D eigenvalue weighted by atomic mass is 9.67. The van der Waals surface area contributed by atoms with Gasteiger partial charge in [-0.05, 0) is 31.2 Å². The number of carbonyl (C=O) groups is 3. The van der Waals surface area contributed by atoms with Gasteiger partial charge in [0, 0.05) is 18.3 Å². The largest absolute Gasteiger partial charge is 0.455 e. The molecule has 6 heteroatoms. The molecule has 3 aliphatic rings. The minimum atomic E-state index is -0.348. The summed E-state index contributed by atoms with van der Waals surface area (Å²) in [6.45, 7) is 0.215. The van der Waals surface area contributed by atoms with E-state index in [9.17, 15) is 14.4 Å². The van der Waals surface area contributed by atoms with Crippen LogP contribution in [-0.4, -0.2) is 41.5 Å². The van der Waals surface area contributed by atoms with Gasteiger partial charge in [0.15, 0.2) is 6.61 Å². The zero-order valence-electron chi connectivity index (χ0n) is 15.3. The highest BCUT2D eigenvalue weighted by molar-refractivity contribution is 6.02. The molecule has 0 unspecified atom stereocenters. The van der Waals surface area contributed by atoms with Crippen molar-refractivity contribution >= 4 is 23.4 Å². The molecule has 2 atom stereocenters. The van der Waals surface area contributed by atoms with Gasteiger partial charge in [-0.15, -0.1) is 0 Å². The van der Waals surface area contributed by atoms with E-state index in [1.54, 1.807) is 0 Å². The third-order valence-electron chi connectivity index (χ3n) is 5.92. The number of amides is 1. The van der Waals surface area contributed by atoms with Gasteiger partial charge in [0.2, 0.25) is 0 Å². The van der Waals surface area contributed by atoms with Crippen molar-refractivity contribution in [2.45, 2.75) is 38.5 Å². The average Bonchev–Trinajstić information content (AvgIpc) is 3.16. The third kappa shape index (κ3) is 3.80. The van der Waals surface area contributed by atoms with Crippen LogP contribution >= 0.6 is 0 Å². The number of rotatable bonds is 4. The summed E-state index contributed by atoms with van der Waals surface area (Å²) in [6, 6.07) is 9.75. The van der Waals surface area contributed by atoms with Gasteiger partial charge in [-0.2, -0.15) is 5.10 Å². The number of ether oxygens (including phenoxy) is 1. The summed E-state index contributed by atoms with van der Waals surface area (Å²) in [5.41, 5.74) is 1.87. The van der Waals surface area contributed by atoms with E-state index in [2.05, 4.69) is 5.10 Å². The number of fused-ring (bicyclic) bond motifs is 2. The summed E-state index contributed by atoms with van der Waals surface area (Å²) in [6.07, 6.45) is 4.66. The molecule has 1 aromatic rings. The minimum Gasteiger partial charge on any atom is -0.455 e. The first kappa shape index (κ1) is 17.9. The number of Topliss-reactive ketones (excluding diaryl/α,β-unsaturated/α-hetero) is 1. The molecule has 1 aliphatic heterocycles. The Balaban J connectivity index is 1.30. The van der Waals surface area contributed by atoms with Crippen LogP contribution in [0.4, 0.5) is 0 Å². The zero-order valence-corrected chi connectivity index (χ0v) is 15.3. The molecule has 6 nitrogen and oxygen atoms in total. The first-order valence-corrected chi connectivity index (χ1v) is 9.75. The molecule has 2 fully saturated rings. The van der Waals surface area contributed by atoms with Crippen LogP contribution < -0.4 is 0 Å². The Kier molecular flexibility index (Phi) is 5.05. The van der Waals surface area contributed by atoms with Crippen LogP contribution in [0.3, 0.4) is 0 Å². The Morgan fingerprint density at radius 2 is 1.81 bits per heavy atom. The average molecular weight is 368 g/mol. The molecule has 2 bridgehead atoms. The molecule has 1 amide bonds. The van der Waals surface area contributed by atoms with E-state index in [1.807, 2.05) is 30.3 Å². The fourth-order valence-electron chi connectivity index (χ4n) is 4.47. The second-order valence-electron chi connectivity index (χ2n) is 7.68. The molecule has 1 heterocycles. The number of esters is 1. The van der Waals surface area contributed by atoms with Crippen molar-refractivity contribution in [1.82, 2.24) is 5.01 Å². The summed E-state index contributed by atoms with van der Waals surface area (Å²) in [5.74, 6) is -0.584. The van der Waals surface area contributed by atoms with Crippen LogP contribution in [-0.2, 0) is 19.1 Å². The molecule has 0 spiro atoms. The SMILES string of the molecule is O=C(OCC(=O)N1CCC(c2ccccc2)=N1)C1C[C@H]2CCC[C@H](C1)C2=O. The molecule has 0 saturated heterocycles. The molecular formula is C21H24N2O4. The smallest absolute Gasteiger partial charge is 0.309 e. The van der Waals surface area contributed by atoms with E-state index in [0.717, 1.165) is 30.5 Å². The minimum absolute atomic E-state index is 0.00219. The Morgan fingerprint density at radius 3 is 2.52 bits per heavy atom. The van der Waals surface area contributed by atoms with Crippen LogP contribution in [0.25, 0.3) is 0 Å². The van der Waals surface area contributed by atoms with E-state index in [0.29, 0.717) is 31.6 Å². The molecule has 142 valence electrons. The fourth-order valence-corrected chi connectivity index (χ4v) is 4.47. The van der Waals surface area contributed by atoms with Crippen molar-refractivity contribution in [3.05, 3.63) is 35.9 Å². The van der Waals surface area contributed by atoms with E-state index in [1.165, 1.54) is 5.01 Å². The quantitative estimate of drug-likeness (QED) is 0.766. The zero-order chi connectivity index (χ0) is 18.8. The van der Waals surface area contributed by atoms with Gasteiger partial charge < -0.3 is 4.74 Å². The highest BCUT2D eigenvalue weighted by Gasteiger charge is 2.42. The molecule has 0 radical (unpaired) electrons. The Hall–Kier alpha value is -2.50. The maximum atomic E-state index is 12.4. The van der Waals surface area contributed by atoms with Gasteiger partial charge in [-0.3, -0.25) is 14.4 Å². The lowest BCUT2D eigenvalue weighted by molar-refractivity contribution is -0.158. The predicted molar refractivity (Wildman–Crippen MR) is 98.8 cm³/mol. The molecule has 0 N–H and O–H groups in total. The van der Waals surface area contributed by atoms with Gasteiger partial charge >= 0.3 is 5.97 Å². The van der Waals surface area contributed by atoms with E-state index < -0.39 is 0 Å². The lowest BCUT2D eigenvalue weighted by Crippen LogP contribution is -2.40. The van der Waals surface area contributed by atoms with Crippen LogP contribution in [0.5, 0.6) is 0 Å². The second-order valence-corrected chi connectivity index (χ2v) is 7.68. The maximum absolute atomic E-state index is 12.4. The number of hydrazone groups is 1. The topological polar surface area (TPSA) is 76.0 Å². The molecule has 2 aliphatic carbocycles. The normalized spacial score (nSPS) is 27.3. The lowest BCUT2D eigenvalue weighted by Gasteiger charge is -2.36. The number of carbonyl (C=O) groups excluding carboxylic acids is 3. The summed E-state index contributed by atoms with van der Waals surface area (Å²) in [7, 11) is 0. The molecule has 27 heavy (non-hydrogen) atoms. The maximum Gasteiger partial charge on any atom is 0.309 e. The van der Waals surface area contributed by atoms with Crippen LogP contribution in [0.15, 0.2) is 35.4 Å². The molecule has 1 aromatic carbocycles. The van der Waals surface area contributed by atoms with Gasteiger partial charge in [0.1, 0.15) is 5.78 Å². The fraction of sp³-hybridized carbons (Fsp3) is 0.524. The summed E-state index contributed by atoms with van der Waals surface area (Å²) >= 11 is 0. The van der Waals surface area contributed by atoms with Crippen LogP contribution in [0.2, 0.25) is 0 Å². The van der Waals surface area contributed by atoms with Crippen molar-refractivity contribution in [2.75, 3.05) is 13.2 Å². The second kappa shape index (κ2) is 7.62. The molecular weight excluding hydrogens is 344 g/mol. The highest BCUT2D eigenvalue weighted by Crippen LogP contribution is 2.40. The van der Waals surface area contributed by atoms with Gasteiger partial charge in [0.25, 0.3) is 5.91 Å². The first-order valence-electron chi connectivity index (χ1n) is 9.75. The standard InChI is InChI=1S/C21H24N2O4/c24-19(23-10-9-18(22-23)14-5-2-1-3-6-14)13-27-21(26)17-11-15-7-4-8-16(12-17)20(15)25/h1-3,5-6,15-17H,4,7-13H2/t15-,16-/m1/s1. The summed E-state index contributed by atoms with van der Waals surface area (Å²) < 4.78 is 5.29. The summed E-state index contributed by atoms with van der Waals surface area (Å²) in [4.78, 5) is 36.9. The predicted octanol–water partition coefficient (Wildman–Crippen LogP) is 2.56. The molecule has 2 saturated carbocycles.